The second-order valence-corrected chi connectivity index (χ2v) is 4.94. The van der Waals surface area contributed by atoms with Gasteiger partial charge < -0.3 is 15.8 Å². The number of carbonyl (C=O) groups excluding carboxylic acids is 1. The molecule has 0 fully saturated rings. The van der Waals surface area contributed by atoms with E-state index in [1.54, 1.807) is 23.5 Å². The normalized spacial score (nSPS) is 10.2. The molecule has 0 spiro atoms. The van der Waals surface area contributed by atoms with Crippen LogP contribution in [-0.2, 0) is 11.3 Å². The predicted molar refractivity (Wildman–Crippen MR) is 76.4 cm³/mol. The zero-order valence-corrected chi connectivity index (χ0v) is 11.6. The summed E-state index contributed by atoms with van der Waals surface area (Å²) < 4.78 is 4.68. The number of nitrogens with zero attached hydrogens (tertiary/aromatic N) is 1. The van der Waals surface area contributed by atoms with Gasteiger partial charge in [0, 0.05) is 11.1 Å². The van der Waals surface area contributed by atoms with Crippen molar-refractivity contribution in [1.82, 2.24) is 4.98 Å². The lowest BCUT2D eigenvalue weighted by atomic mass is 10.1. The number of aromatic nitrogens is 1. The minimum atomic E-state index is -0.439. The number of benzene rings is 1. The third kappa shape index (κ3) is 3.03. The number of nitrogens with two attached hydrogens (primary N) is 1. The van der Waals surface area contributed by atoms with Crippen LogP contribution in [0.15, 0.2) is 23.6 Å². The number of anilines is 2. The van der Waals surface area contributed by atoms with Gasteiger partial charge in [-0.1, -0.05) is 6.07 Å². The van der Waals surface area contributed by atoms with Crippen molar-refractivity contribution in [1.29, 1.82) is 0 Å². The molecule has 2 rings (SSSR count). The first-order valence-corrected chi connectivity index (χ1v) is 6.61. The van der Waals surface area contributed by atoms with E-state index in [0.29, 0.717) is 23.5 Å². The molecule has 0 bridgehead atoms. The Labute approximate surface area is 115 Å². The molecule has 0 aliphatic heterocycles. The Kier molecular flexibility index (Phi) is 4.01. The van der Waals surface area contributed by atoms with Crippen molar-refractivity contribution in [3.05, 3.63) is 39.8 Å². The van der Waals surface area contributed by atoms with Gasteiger partial charge in [0.05, 0.1) is 30.6 Å². The zero-order valence-electron chi connectivity index (χ0n) is 10.8. The van der Waals surface area contributed by atoms with Gasteiger partial charge in [-0.2, -0.15) is 0 Å². The highest BCUT2D eigenvalue weighted by Crippen LogP contribution is 2.24. The number of nitrogens with one attached hydrogen (secondary N) is 1. The number of rotatable bonds is 4. The number of ether oxygens (including phenoxy) is 1. The number of thiazole rings is 1. The molecular formula is C13H15N3O2S. The van der Waals surface area contributed by atoms with Gasteiger partial charge in [0.2, 0.25) is 0 Å². The molecule has 0 aliphatic carbocycles. The summed E-state index contributed by atoms with van der Waals surface area (Å²) in [6.45, 7) is 2.53. The molecular weight excluding hydrogens is 262 g/mol. The third-order valence-corrected chi connectivity index (χ3v) is 3.57. The smallest absolute Gasteiger partial charge is 0.340 e. The molecule has 1 heterocycles. The van der Waals surface area contributed by atoms with E-state index >= 15 is 0 Å². The lowest BCUT2D eigenvalue weighted by Gasteiger charge is -2.10. The van der Waals surface area contributed by atoms with Gasteiger partial charge in [0.1, 0.15) is 5.01 Å². The van der Waals surface area contributed by atoms with Gasteiger partial charge in [-0.05, 0) is 19.1 Å². The highest BCUT2D eigenvalue weighted by Gasteiger charge is 2.12. The minimum Gasteiger partial charge on any atom is -0.465 e. The molecule has 1 aromatic heterocycles. The van der Waals surface area contributed by atoms with Crippen LogP contribution >= 0.6 is 11.3 Å². The highest BCUT2D eigenvalue weighted by atomic mass is 32.1. The summed E-state index contributed by atoms with van der Waals surface area (Å²) in [7, 11) is 1.33. The number of hydrogen-bond donors (Lipinski definition) is 2. The third-order valence-electron chi connectivity index (χ3n) is 2.61. The van der Waals surface area contributed by atoms with Crippen molar-refractivity contribution >= 4 is 28.7 Å². The van der Waals surface area contributed by atoms with Crippen LogP contribution in [0.5, 0.6) is 0 Å². The standard InChI is InChI=1S/C13H15N3O2S/c1-8-7-19-11(16-8)6-15-10-5-3-4-9(12(10)14)13(17)18-2/h3-5,7,15H,6,14H2,1-2H3. The molecule has 0 saturated carbocycles. The van der Waals surface area contributed by atoms with Gasteiger partial charge in [-0.3, -0.25) is 0 Å². The molecule has 2 aromatic rings. The van der Waals surface area contributed by atoms with E-state index in [-0.39, 0.29) is 0 Å². The number of para-hydroxylation sites is 1. The molecule has 19 heavy (non-hydrogen) atoms. The van der Waals surface area contributed by atoms with E-state index in [4.69, 9.17) is 5.73 Å². The van der Waals surface area contributed by atoms with E-state index in [1.165, 1.54) is 7.11 Å². The van der Waals surface area contributed by atoms with E-state index in [0.717, 1.165) is 10.7 Å². The fourth-order valence-corrected chi connectivity index (χ4v) is 2.37. The van der Waals surface area contributed by atoms with Gasteiger partial charge in [0.25, 0.3) is 0 Å². The maximum atomic E-state index is 11.5. The van der Waals surface area contributed by atoms with Crippen molar-refractivity contribution in [2.75, 3.05) is 18.2 Å². The summed E-state index contributed by atoms with van der Waals surface area (Å²) in [6, 6.07) is 5.22. The Morgan fingerprint density at radius 2 is 2.32 bits per heavy atom. The van der Waals surface area contributed by atoms with Crippen molar-refractivity contribution in [2.24, 2.45) is 0 Å². The topological polar surface area (TPSA) is 77.2 Å². The first-order valence-electron chi connectivity index (χ1n) is 5.73. The second-order valence-electron chi connectivity index (χ2n) is 3.99. The van der Waals surface area contributed by atoms with Crippen LogP contribution in [0.2, 0.25) is 0 Å². The lowest BCUT2D eigenvalue weighted by molar-refractivity contribution is 0.0602. The molecule has 0 radical (unpaired) electrons. The maximum Gasteiger partial charge on any atom is 0.340 e. The first kappa shape index (κ1) is 13.4. The summed E-state index contributed by atoms with van der Waals surface area (Å²) in [5.74, 6) is -0.439. The molecule has 0 atom stereocenters. The van der Waals surface area contributed by atoms with Crippen molar-refractivity contribution in [2.45, 2.75) is 13.5 Å². The molecule has 0 unspecified atom stereocenters. The van der Waals surface area contributed by atoms with Gasteiger partial charge in [-0.15, -0.1) is 11.3 Å². The Morgan fingerprint density at radius 3 is 2.95 bits per heavy atom. The van der Waals surface area contributed by atoms with Crippen molar-refractivity contribution in [3.63, 3.8) is 0 Å². The quantitative estimate of drug-likeness (QED) is 0.663. The number of nitrogen functional groups attached to an aromatic ring is 1. The number of aryl methyl sites for hydroxylation is 1. The van der Waals surface area contributed by atoms with Gasteiger partial charge in [-0.25, -0.2) is 9.78 Å². The first-order chi connectivity index (χ1) is 9.11. The van der Waals surface area contributed by atoms with Gasteiger partial charge in [0.15, 0.2) is 0 Å². The minimum absolute atomic E-state index is 0.364. The number of hydrogen-bond acceptors (Lipinski definition) is 6. The van der Waals surface area contributed by atoms with Crippen molar-refractivity contribution < 1.29 is 9.53 Å². The monoisotopic (exact) mass is 277 g/mol. The Bertz CT molecular complexity index is 595. The summed E-state index contributed by atoms with van der Waals surface area (Å²) >= 11 is 1.58. The zero-order chi connectivity index (χ0) is 13.8. The average molecular weight is 277 g/mol. The van der Waals surface area contributed by atoms with E-state index < -0.39 is 5.97 Å². The fourth-order valence-electron chi connectivity index (χ4n) is 1.66. The Balaban J connectivity index is 2.14. The molecule has 5 nitrogen and oxygen atoms in total. The molecule has 100 valence electrons. The highest BCUT2D eigenvalue weighted by molar-refractivity contribution is 7.09. The SMILES string of the molecule is COC(=O)c1cccc(NCc2nc(C)cs2)c1N. The van der Waals surface area contributed by atoms with Crippen LogP contribution in [0.25, 0.3) is 0 Å². The van der Waals surface area contributed by atoms with Crippen molar-refractivity contribution in [3.8, 4) is 0 Å². The number of esters is 1. The molecule has 0 amide bonds. The van der Waals surface area contributed by atoms with Crippen LogP contribution in [0, 0.1) is 6.92 Å². The average Bonchev–Trinajstić information content (AvgIpc) is 2.82. The number of carbonyl (C=O) groups is 1. The van der Waals surface area contributed by atoms with Crippen LogP contribution in [0.3, 0.4) is 0 Å². The Morgan fingerprint density at radius 1 is 1.53 bits per heavy atom. The Hall–Kier alpha value is -2.08. The number of methoxy groups -OCH3 is 1. The summed E-state index contributed by atoms with van der Waals surface area (Å²) in [5.41, 5.74) is 8.41. The largest absolute Gasteiger partial charge is 0.465 e. The van der Waals surface area contributed by atoms with Gasteiger partial charge >= 0.3 is 5.97 Å². The molecule has 3 N–H and O–H groups in total. The van der Waals surface area contributed by atoms with Crippen LogP contribution in [0.4, 0.5) is 11.4 Å². The van der Waals surface area contributed by atoms with E-state index in [2.05, 4.69) is 15.0 Å². The molecule has 1 aromatic carbocycles. The van der Waals surface area contributed by atoms with Crippen LogP contribution in [0.1, 0.15) is 21.1 Å². The fraction of sp³-hybridized carbons (Fsp3) is 0.231. The predicted octanol–water partition coefficient (Wildman–Crippen LogP) is 2.43. The molecule has 6 heteroatoms. The summed E-state index contributed by atoms with van der Waals surface area (Å²) in [6.07, 6.45) is 0. The summed E-state index contributed by atoms with van der Waals surface area (Å²) in [4.78, 5) is 15.9. The lowest BCUT2D eigenvalue weighted by Crippen LogP contribution is -2.09. The molecule has 0 aliphatic rings. The molecule has 0 saturated heterocycles. The maximum absolute atomic E-state index is 11.5. The summed E-state index contributed by atoms with van der Waals surface area (Å²) in [5, 5.41) is 6.14. The van der Waals surface area contributed by atoms with E-state index in [9.17, 15) is 4.79 Å². The van der Waals surface area contributed by atoms with E-state index in [1.807, 2.05) is 18.4 Å². The van der Waals surface area contributed by atoms with Crippen LogP contribution in [-0.4, -0.2) is 18.1 Å². The van der Waals surface area contributed by atoms with Crippen LogP contribution < -0.4 is 11.1 Å². The second kappa shape index (κ2) is 5.71.